The molecule has 8 saturated carbocycles. The van der Waals surface area contributed by atoms with Gasteiger partial charge in [-0.05, 0) is 54.8 Å². The molecule has 0 amide bonds. The Balaban J connectivity index is 1.95. The maximum absolute atomic E-state index is 1.65. The van der Waals surface area contributed by atoms with Gasteiger partial charge in [0.05, 0.1) is 0 Å². The summed E-state index contributed by atoms with van der Waals surface area (Å²) in [5.74, 6) is 4.99. The second-order valence-electron chi connectivity index (χ2n) is 4.90. The fourth-order valence-corrected chi connectivity index (χ4v) is 4.50. The molecule has 0 aromatic carbocycles. The van der Waals surface area contributed by atoms with Gasteiger partial charge in [0, 0.05) is 0 Å². The van der Waals surface area contributed by atoms with Gasteiger partial charge in [0.25, 0.3) is 0 Å². The van der Waals surface area contributed by atoms with Crippen LogP contribution in [0.1, 0.15) is 25.7 Å². The third-order valence-electron chi connectivity index (χ3n) is 4.96. The van der Waals surface area contributed by atoms with E-state index in [0.29, 0.717) is 0 Å². The van der Waals surface area contributed by atoms with Crippen molar-refractivity contribution in [1.82, 2.24) is 0 Å². The zero-order valence-corrected chi connectivity index (χ0v) is 5.64. The first-order valence-electron chi connectivity index (χ1n) is 4.39. The largest absolute Gasteiger partial charge is 0.0462 e. The predicted molar refractivity (Wildman–Crippen MR) is 34.9 cm³/mol. The first-order valence-corrected chi connectivity index (χ1v) is 4.39. The van der Waals surface area contributed by atoms with Gasteiger partial charge in [0.1, 0.15) is 0 Å². The molecular weight excluding hydrogens is 108 g/mol. The smallest absolute Gasteiger partial charge is 0.0258 e. The van der Waals surface area contributed by atoms with Crippen LogP contribution in [0.5, 0.6) is 0 Å². The molecule has 0 nitrogen and oxygen atoms in total. The van der Waals surface area contributed by atoms with Crippen molar-refractivity contribution < 1.29 is 0 Å². The van der Waals surface area contributed by atoms with Crippen LogP contribution in [0.2, 0.25) is 0 Å². The van der Waals surface area contributed by atoms with E-state index in [1.54, 1.807) is 25.7 Å². The highest BCUT2D eigenvalue weighted by atomic mass is 14.8. The van der Waals surface area contributed by atoms with Crippen molar-refractivity contribution in [2.75, 3.05) is 0 Å². The fraction of sp³-hybridized carbons (Fsp3) is 1.00. The number of hydrogen-bond acceptors (Lipinski definition) is 0. The van der Waals surface area contributed by atoms with Gasteiger partial charge < -0.3 is 0 Å². The van der Waals surface area contributed by atoms with E-state index in [0.717, 1.165) is 5.41 Å². The van der Waals surface area contributed by atoms with E-state index in [-0.39, 0.29) is 0 Å². The summed E-state index contributed by atoms with van der Waals surface area (Å²) in [6.07, 6.45) is 6.60. The molecule has 0 aliphatic heterocycles. The molecule has 48 valence electrons. The normalized spacial score (nSPS) is 80.0. The van der Waals surface area contributed by atoms with Crippen LogP contribution in [0.4, 0.5) is 0 Å². The van der Waals surface area contributed by atoms with Gasteiger partial charge >= 0.3 is 0 Å². The lowest BCUT2D eigenvalue weighted by molar-refractivity contribution is -0.321. The summed E-state index contributed by atoms with van der Waals surface area (Å²) >= 11 is 0. The Morgan fingerprint density at radius 1 is 1.00 bits per heavy atom. The topological polar surface area (TPSA) is 0 Å². The Kier molecular flexibility index (Phi) is 0.360. The molecule has 3 atom stereocenters. The van der Waals surface area contributed by atoms with Crippen LogP contribution in [0, 0.1) is 29.1 Å². The van der Waals surface area contributed by atoms with Gasteiger partial charge in [0.15, 0.2) is 0 Å². The van der Waals surface area contributed by atoms with E-state index in [1.807, 2.05) is 0 Å². The molecule has 0 N–H and O–H groups in total. The van der Waals surface area contributed by atoms with Crippen molar-refractivity contribution in [2.45, 2.75) is 25.7 Å². The van der Waals surface area contributed by atoms with Crippen molar-refractivity contribution >= 4 is 0 Å². The van der Waals surface area contributed by atoms with Crippen LogP contribution in [0.3, 0.4) is 0 Å². The fourth-order valence-electron chi connectivity index (χ4n) is 4.50. The van der Waals surface area contributed by atoms with Crippen molar-refractivity contribution in [3.63, 3.8) is 0 Å². The molecule has 5 bridgehead atoms. The standard InChI is InChI=1S/C9H12/c1-6-5-2-9(3-5)4-7(6)8(1)9/h5-8H,1-4H2. The average Bonchev–Trinajstić information content (AvgIpc) is 1.79. The molecule has 0 saturated heterocycles. The highest BCUT2D eigenvalue weighted by molar-refractivity contribution is 5.24. The number of hydrogen-bond donors (Lipinski definition) is 0. The van der Waals surface area contributed by atoms with Gasteiger partial charge in [-0.15, -0.1) is 0 Å². The van der Waals surface area contributed by atoms with E-state index in [4.69, 9.17) is 0 Å². The molecule has 0 aromatic rings. The van der Waals surface area contributed by atoms with Crippen molar-refractivity contribution in [2.24, 2.45) is 29.1 Å². The summed E-state index contributed by atoms with van der Waals surface area (Å²) in [6, 6.07) is 0. The lowest BCUT2D eigenvalue weighted by atomic mass is 9.24. The molecule has 3 unspecified atom stereocenters. The van der Waals surface area contributed by atoms with Gasteiger partial charge in [-0.3, -0.25) is 0 Å². The van der Waals surface area contributed by atoms with Crippen molar-refractivity contribution in [3.8, 4) is 0 Å². The highest BCUT2D eigenvalue weighted by Gasteiger charge is 2.75. The molecule has 0 radical (unpaired) electrons. The summed E-state index contributed by atoms with van der Waals surface area (Å²) in [6.45, 7) is 0. The minimum Gasteiger partial charge on any atom is -0.0462 e. The van der Waals surface area contributed by atoms with Gasteiger partial charge in [-0.2, -0.15) is 0 Å². The van der Waals surface area contributed by atoms with Crippen LogP contribution in [-0.4, -0.2) is 0 Å². The van der Waals surface area contributed by atoms with Crippen LogP contribution in [-0.2, 0) is 0 Å². The third-order valence-corrected chi connectivity index (χ3v) is 4.96. The molecule has 0 heteroatoms. The number of rotatable bonds is 0. The Bertz CT molecular complexity index is 169. The minimum atomic E-state index is 0.990. The molecular formula is C9H12. The van der Waals surface area contributed by atoms with Gasteiger partial charge in [0.2, 0.25) is 0 Å². The second kappa shape index (κ2) is 0.810. The highest BCUT2D eigenvalue weighted by Crippen LogP contribution is 2.83. The van der Waals surface area contributed by atoms with E-state index in [9.17, 15) is 0 Å². The Morgan fingerprint density at radius 3 is 2.00 bits per heavy atom. The van der Waals surface area contributed by atoms with Crippen molar-refractivity contribution in [3.05, 3.63) is 0 Å². The zero-order valence-electron chi connectivity index (χ0n) is 5.64. The average molecular weight is 120 g/mol. The molecule has 8 fully saturated rings. The molecule has 8 aliphatic carbocycles. The van der Waals surface area contributed by atoms with Crippen molar-refractivity contribution in [1.29, 1.82) is 0 Å². The predicted octanol–water partition coefficient (Wildman–Crippen LogP) is 2.05. The second-order valence-corrected chi connectivity index (χ2v) is 4.90. The maximum atomic E-state index is 1.65. The van der Waals surface area contributed by atoms with Gasteiger partial charge in [-0.25, -0.2) is 0 Å². The molecule has 8 aliphatic rings. The summed E-state index contributed by atoms with van der Waals surface area (Å²) in [7, 11) is 0. The summed E-state index contributed by atoms with van der Waals surface area (Å²) in [5, 5.41) is 0. The lowest BCUT2D eigenvalue weighted by Gasteiger charge is -2.81. The van der Waals surface area contributed by atoms with Crippen LogP contribution in [0.25, 0.3) is 0 Å². The summed E-state index contributed by atoms with van der Waals surface area (Å²) in [4.78, 5) is 0. The lowest BCUT2D eigenvalue weighted by Crippen LogP contribution is -2.73. The summed E-state index contributed by atoms with van der Waals surface area (Å²) < 4.78 is 0. The first kappa shape index (κ1) is 4.00. The molecule has 0 heterocycles. The van der Waals surface area contributed by atoms with E-state index in [1.165, 1.54) is 23.7 Å². The zero-order chi connectivity index (χ0) is 5.64. The van der Waals surface area contributed by atoms with E-state index in [2.05, 4.69) is 0 Å². The third kappa shape index (κ3) is 0.210. The SMILES string of the molecule is C1C2C3CC4(C3)CC2C14. The maximum Gasteiger partial charge on any atom is -0.0258 e. The molecule has 0 aromatic heterocycles. The van der Waals surface area contributed by atoms with Crippen LogP contribution in [0.15, 0.2) is 0 Å². The monoisotopic (exact) mass is 120 g/mol. The summed E-state index contributed by atoms with van der Waals surface area (Å²) in [5.41, 5.74) is 0.990. The van der Waals surface area contributed by atoms with Crippen LogP contribution < -0.4 is 0 Å². The molecule has 8 rings (SSSR count). The van der Waals surface area contributed by atoms with Crippen LogP contribution >= 0.6 is 0 Å². The van der Waals surface area contributed by atoms with E-state index < -0.39 is 0 Å². The Hall–Kier alpha value is 0. The minimum absolute atomic E-state index is 0.990. The Morgan fingerprint density at radius 2 is 1.89 bits per heavy atom. The Labute approximate surface area is 55.6 Å². The van der Waals surface area contributed by atoms with E-state index >= 15 is 0 Å². The van der Waals surface area contributed by atoms with Gasteiger partial charge in [-0.1, -0.05) is 0 Å². The quantitative estimate of drug-likeness (QED) is 0.459. The molecule has 9 heavy (non-hydrogen) atoms. The first-order chi connectivity index (χ1) is 4.39. The molecule has 1 spiro atoms.